The van der Waals surface area contributed by atoms with Crippen molar-refractivity contribution in [3.63, 3.8) is 0 Å². The maximum Gasteiger partial charge on any atom is 0.418 e. The molecule has 0 radical (unpaired) electrons. The molecule has 4 nitrogen and oxygen atoms in total. The van der Waals surface area contributed by atoms with E-state index in [1.165, 1.54) is 6.07 Å². The molecule has 1 N–H and O–H groups in total. The van der Waals surface area contributed by atoms with Crippen molar-refractivity contribution in [2.45, 2.75) is 45.4 Å². The third-order valence-electron chi connectivity index (χ3n) is 7.25. The summed E-state index contributed by atoms with van der Waals surface area (Å²) >= 11 is 0. The molecule has 7 heteroatoms. The van der Waals surface area contributed by atoms with Crippen LogP contribution in [0.5, 0.6) is 5.75 Å². The van der Waals surface area contributed by atoms with E-state index in [2.05, 4.69) is 18.8 Å². The van der Waals surface area contributed by atoms with Crippen LogP contribution >= 0.6 is 0 Å². The summed E-state index contributed by atoms with van der Waals surface area (Å²) in [5.41, 5.74) is 5.10. The first-order chi connectivity index (χ1) is 20.1. The monoisotopic (exact) mass is 569 g/mol. The number of aryl methyl sites for hydroxylation is 1. The lowest BCUT2D eigenvalue weighted by atomic mass is 9.87. The van der Waals surface area contributed by atoms with Crippen molar-refractivity contribution in [1.82, 2.24) is 4.98 Å². The normalized spacial score (nSPS) is 11.7. The Bertz CT molecular complexity index is 1730. The Kier molecular flexibility index (Phi) is 8.29. The standard InChI is InChI=1S/C35H30F3NO3/c1-22(2)27-9-3-4-10-28(27)30-20-39-34-29(11-6-12-31(34)35(36,37)38)33(30)25-7-5-8-26(19-25)42-21-24-15-13-23(14-16-24)17-18-32(40)41/h3-16,19-20,22H,17-18,21H2,1-2H3,(H,40,41). The van der Waals surface area contributed by atoms with Crippen LogP contribution in [0.15, 0.2) is 97.2 Å². The predicted octanol–water partition coefficient (Wildman–Crippen LogP) is 9.31. The maximum atomic E-state index is 14.0. The molecule has 1 heterocycles. The molecule has 0 aliphatic heterocycles. The van der Waals surface area contributed by atoms with E-state index >= 15 is 0 Å². The van der Waals surface area contributed by atoms with Gasteiger partial charge in [0.2, 0.25) is 0 Å². The average molecular weight is 570 g/mol. The van der Waals surface area contributed by atoms with Gasteiger partial charge in [-0.15, -0.1) is 0 Å². The highest BCUT2D eigenvalue weighted by molar-refractivity contribution is 6.03. The van der Waals surface area contributed by atoms with E-state index in [0.29, 0.717) is 23.1 Å². The van der Waals surface area contributed by atoms with Gasteiger partial charge in [-0.3, -0.25) is 9.78 Å². The number of pyridine rings is 1. The van der Waals surface area contributed by atoms with Crippen LogP contribution in [0.25, 0.3) is 33.2 Å². The Morgan fingerprint density at radius 1 is 0.881 bits per heavy atom. The molecule has 0 bridgehead atoms. The first-order valence-electron chi connectivity index (χ1n) is 13.7. The molecule has 4 aromatic carbocycles. The fourth-order valence-electron chi connectivity index (χ4n) is 5.17. The van der Waals surface area contributed by atoms with Crippen LogP contribution < -0.4 is 4.74 Å². The van der Waals surface area contributed by atoms with Gasteiger partial charge < -0.3 is 9.84 Å². The number of alkyl halides is 3. The second-order valence-electron chi connectivity index (χ2n) is 10.5. The molecular formula is C35H30F3NO3. The van der Waals surface area contributed by atoms with Gasteiger partial charge in [-0.25, -0.2) is 0 Å². The number of aromatic nitrogens is 1. The zero-order valence-corrected chi connectivity index (χ0v) is 23.3. The molecule has 0 unspecified atom stereocenters. The minimum absolute atomic E-state index is 0.0699. The number of hydrogen-bond acceptors (Lipinski definition) is 3. The van der Waals surface area contributed by atoms with Crippen LogP contribution in [0, 0.1) is 0 Å². The van der Waals surface area contributed by atoms with Gasteiger partial charge in [-0.2, -0.15) is 13.2 Å². The van der Waals surface area contributed by atoms with Gasteiger partial charge in [-0.05, 0) is 58.4 Å². The summed E-state index contributed by atoms with van der Waals surface area (Å²) in [6, 6.07) is 27.0. The second kappa shape index (κ2) is 12.1. The van der Waals surface area contributed by atoms with Gasteiger partial charge in [0.25, 0.3) is 0 Å². The van der Waals surface area contributed by atoms with Gasteiger partial charge in [-0.1, -0.05) is 86.6 Å². The number of ether oxygens (including phenoxy) is 1. The van der Waals surface area contributed by atoms with Crippen molar-refractivity contribution in [2.75, 3.05) is 0 Å². The van der Waals surface area contributed by atoms with Crippen molar-refractivity contribution < 1.29 is 27.8 Å². The fraction of sp³-hybridized carbons (Fsp3) is 0.200. The third-order valence-corrected chi connectivity index (χ3v) is 7.25. The minimum atomic E-state index is -4.55. The molecular weight excluding hydrogens is 539 g/mol. The quantitative estimate of drug-likeness (QED) is 0.192. The zero-order chi connectivity index (χ0) is 29.9. The number of para-hydroxylation sites is 1. The summed E-state index contributed by atoms with van der Waals surface area (Å²) in [6.45, 7) is 4.45. The Hall–Kier alpha value is -4.65. The number of carbonyl (C=O) groups is 1. The SMILES string of the molecule is CC(C)c1ccccc1-c1cnc2c(C(F)(F)F)cccc2c1-c1cccc(OCc2ccc(CCC(=O)O)cc2)c1. The Morgan fingerprint density at radius 2 is 1.60 bits per heavy atom. The topological polar surface area (TPSA) is 59.4 Å². The molecule has 5 rings (SSSR count). The van der Waals surface area contributed by atoms with Gasteiger partial charge in [0.05, 0.1) is 11.1 Å². The molecule has 0 aliphatic carbocycles. The summed E-state index contributed by atoms with van der Waals surface area (Å²) in [7, 11) is 0. The van der Waals surface area contributed by atoms with E-state index in [0.717, 1.165) is 39.4 Å². The van der Waals surface area contributed by atoms with E-state index in [4.69, 9.17) is 9.84 Å². The van der Waals surface area contributed by atoms with Crippen LogP contribution in [0.3, 0.4) is 0 Å². The van der Waals surface area contributed by atoms with E-state index in [1.54, 1.807) is 12.3 Å². The Balaban J connectivity index is 1.56. The van der Waals surface area contributed by atoms with Crippen molar-refractivity contribution in [3.05, 3.63) is 119 Å². The molecule has 0 atom stereocenters. The molecule has 0 fully saturated rings. The van der Waals surface area contributed by atoms with E-state index in [-0.39, 0.29) is 24.5 Å². The van der Waals surface area contributed by atoms with Crippen LogP contribution in [0.1, 0.15) is 48.4 Å². The number of fused-ring (bicyclic) bond motifs is 1. The highest BCUT2D eigenvalue weighted by Gasteiger charge is 2.34. The third kappa shape index (κ3) is 6.30. The van der Waals surface area contributed by atoms with Crippen LogP contribution in [0.2, 0.25) is 0 Å². The number of carboxylic acid groups (broad SMARTS) is 1. The minimum Gasteiger partial charge on any atom is -0.489 e. The van der Waals surface area contributed by atoms with Crippen LogP contribution in [0.4, 0.5) is 13.2 Å². The van der Waals surface area contributed by atoms with Crippen molar-refractivity contribution in [3.8, 4) is 28.0 Å². The number of hydrogen-bond donors (Lipinski definition) is 1. The molecule has 0 spiro atoms. The molecule has 0 saturated carbocycles. The maximum absolute atomic E-state index is 14.0. The lowest BCUT2D eigenvalue weighted by Crippen LogP contribution is -2.07. The number of rotatable bonds is 9. The highest BCUT2D eigenvalue weighted by Crippen LogP contribution is 2.43. The largest absolute Gasteiger partial charge is 0.489 e. The lowest BCUT2D eigenvalue weighted by Gasteiger charge is -2.19. The number of halogens is 3. The van der Waals surface area contributed by atoms with E-state index < -0.39 is 17.7 Å². The predicted molar refractivity (Wildman–Crippen MR) is 158 cm³/mol. The molecule has 42 heavy (non-hydrogen) atoms. The first-order valence-corrected chi connectivity index (χ1v) is 13.7. The van der Waals surface area contributed by atoms with Crippen molar-refractivity contribution >= 4 is 16.9 Å². The molecule has 0 amide bonds. The highest BCUT2D eigenvalue weighted by atomic mass is 19.4. The lowest BCUT2D eigenvalue weighted by molar-refractivity contribution is -0.137. The van der Waals surface area contributed by atoms with Gasteiger partial charge in [0.15, 0.2) is 0 Å². The number of benzene rings is 4. The summed E-state index contributed by atoms with van der Waals surface area (Å²) in [6.07, 6.45) is -2.47. The van der Waals surface area contributed by atoms with Crippen LogP contribution in [-0.4, -0.2) is 16.1 Å². The van der Waals surface area contributed by atoms with Crippen LogP contribution in [-0.2, 0) is 24.0 Å². The van der Waals surface area contributed by atoms with Gasteiger partial charge in [0, 0.05) is 29.1 Å². The van der Waals surface area contributed by atoms with Crippen molar-refractivity contribution in [1.29, 1.82) is 0 Å². The molecule has 0 aliphatic rings. The molecule has 214 valence electrons. The van der Waals surface area contributed by atoms with E-state index in [9.17, 15) is 18.0 Å². The molecule has 5 aromatic rings. The fourth-order valence-corrected chi connectivity index (χ4v) is 5.17. The van der Waals surface area contributed by atoms with Gasteiger partial charge >= 0.3 is 12.1 Å². The second-order valence-corrected chi connectivity index (χ2v) is 10.5. The Labute approximate surface area is 242 Å². The average Bonchev–Trinajstić information content (AvgIpc) is 2.98. The first kappa shape index (κ1) is 28.9. The van der Waals surface area contributed by atoms with Crippen molar-refractivity contribution in [2.24, 2.45) is 0 Å². The smallest absolute Gasteiger partial charge is 0.418 e. The summed E-state index contributed by atoms with van der Waals surface area (Å²) in [5.74, 6) is -0.0753. The zero-order valence-electron chi connectivity index (χ0n) is 23.3. The number of nitrogens with zero attached hydrogens (tertiary/aromatic N) is 1. The van der Waals surface area contributed by atoms with Gasteiger partial charge in [0.1, 0.15) is 12.4 Å². The Morgan fingerprint density at radius 3 is 2.31 bits per heavy atom. The van der Waals surface area contributed by atoms with E-state index in [1.807, 2.05) is 72.8 Å². The summed E-state index contributed by atoms with van der Waals surface area (Å²) in [4.78, 5) is 15.2. The summed E-state index contributed by atoms with van der Waals surface area (Å²) in [5, 5.41) is 9.31. The molecule has 0 saturated heterocycles. The molecule has 1 aromatic heterocycles. The number of carboxylic acids is 1. The number of aliphatic carboxylic acids is 1. The summed E-state index contributed by atoms with van der Waals surface area (Å²) < 4.78 is 48.1.